The molecule has 1 amide bonds. The van der Waals surface area contributed by atoms with E-state index < -0.39 is 0 Å². The van der Waals surface area contributed by atoms with Crippen molar-refractivity contribution in [2.24, 2.45) is 7.05 Å². The highest BCUT2D eigenvalue weighted by molar-refractivity contribution is 7.12. The Hall–Kier alpha value is -2.17. The number of amides is 1. The summed E-state index contributed by atoms with van der Waals surface area (Å²) < 4.78 is 1.82. The summed E-state index contributed by atoms with van der Waals surface area (Å²) in [6, 6.07) is 1.81. The molecule has 7 heteroatoms. The van der Waals surface area contributed by atoms with Crippen molar-refractivity contribution in [2.45, 2.75) is 12.8 Å². The summed E-state index contributed by atoms with van der Waals surface area (Å²) >= 11 is 1.36. The van der Waals surface area contributed by atoms with Crippen LogP contribution in [0.15, 0.2) is 17.8 Å². The Morgan fingerprint density at radius 3 is 3.14 bits per heavy atom. The zero-order valence-electron chi connectivity index (χ0n) is 11.7. The highest BCUT2D eigenvalue weighted by Crippen LogP contribution is 2.15. The number of aromatic nitrogens is 3. The first-order chi connectivity index (χ1) is 10.2. The van der Waals surface area contributed by atoms with Gasteiger partial charge in [-0.2, -0.15) is 0 Å². The van der Waals surface area contributed by atoms with E-state index in [0.29, 0.717) is 29.8 Å². The fourth-order valence-electron chi connectivity index (χ4n) is 1.70. The van der Waals surface area contributed by atoms with Crippen LogP contribution in [0, 0.1) is 11.8 Å². The molecule has 0 bridgehead atoms. The van der Waals surface area contributed by atoms with Crippen molar-refractivity contribution in [1.82, 2.24) is 20.1 Å². The molecule has 0 aromatic carbocycles. The van der Waals surface area contributed by atoms with Gasteiger partial charge in [0, 0.05) is 32.0 Å². The van der Waals surface area contributed by atoms with Crippen LogP contribution in [0.1, 0.15) is 27.5 Å². The third kappa shape index (κ3) is 4.15. The molecule has 0 aliphatic heterocycles. The van der Waals surface area contributed by atoms with Crippen molar-refractivity contribution in [3.05, 3.63) is 34.0 Å². The molecule has 0 saturated carbocycles. The SMILES string of the molecule is Cn1cnnc1CCNC(=O)c1sccc1C#CCCO. The van der Waals surface area contributed by atoms with Crippen LogP contribution >= 0.6 is 11.3 Å². The normalized spacial score (nSPS) is 10.0. The lowest BCUT2D eigenvalue weighted by atomic mass is 10.2. The van der Waals surface area contributed by atoms with E-state index in [2.05, 4.69) is 27.4 Å². The van der Waals surface area contributed by atoms with Gasteiger partial charge in [0.15, 0.2) is 0 Å². The van der Waals surface area contributed by atoms with Gasteiger partial charge in [-0.25, -0.2) is 0 Å². The fraction of sp³-hybridized carbons (Fsp3) is 0.357. The van der Waals surface area contributed by atoms with Crippen LogP contribution in [0.3, 0.4) is 0 Å². The van der Waals surface area contributed by atoms with Crippen LogP contribution < -0.4 is 5.32 Å². The Labute approximate surface area is 126 Å². The van der Waals surface area contributed by atoms with Crippen LogP contribution in [-0.4, -0.2) is 38.9 Å². The number of carbonyl (C=O) groups is 1. The van der Waals surface area contributed by atoms with Crippen molar-refractivity contribution < 1.29 is 9.90 Å². The van der Waals surface area contributed by atoms with Gasteiger partial charge in [0.2, 0.25) is 0 Å². The number of nitrogens with zero attached hydrogens (tertiary/aromatic N) is 3. The fourth-order valence-corrected chi connectivity index (χ4v) is 2.46. The molecule has 0 aliphatic rings. The van der Waals surface area contributed by atoms with Crippen molar-refractivity contribution in [1.29, 1.82) is 0 Å². The number of thiophene rings is 1. The van der Waals surface area contributed by atoms with E-state index in [1.54, 1.807) is 6.33 Å². The zero-order chi connectivity index (χ0) is 15.1. The first kappa shape index (κ1) is 15.2. The Morgan fingerprint density at radius 1 is 1.57 bits per heavy atom. The minimum absolute atomic E-state index is 0.0242. The maximum atomic E-state index is 12.1. The lowest BCUT2D eigenvalue weighted by molar-refractivity contribution is 0.0957. The molecule has 110 valence electrons. The number of hydrogen-bond donors (Lipinski definition) is 2. The third-order valence-corrected chi connectivity index (χ3v) is 3.68. The maximum Gasteiger partial charge on any atom is 0.262 e. The monoisotopic (exact) mass is 304 g/mol. The Balaban J connectivity index is 1.91. The van der Waals surface area contributed by atoms with E-state index in [9.17, 15) is 4.79 Å². The zero-order valence-corrected chi connectivity index (χ0v) is 12.5. The second-order valence-corrected chi connectivity index (χ2v) is 5.22. The number of aliphatic hydroxyl groups excluding tert-OH is 1. The first-order valence-electron chi connectivity index (χ1n) is 6.50. The molecule has 2 rings (SSSR count). The highest BCUT2D eigenvalue weighted by Gasteiger charge is 2.11. The number of nitrogens with one attached hydrogen (secondary N) is 1. The van der Waals surface area contributed by atoms with Crippen molar-refractivity contribution in [3.63, 3.8) is 0 Å². The average molecular weight is 304 g/mol. The molecule has 0 spiro atoms. The maximum absolute atomic E-state index is 12.1. The van der Waals surface area contributed by atoms with E-state index in [1.807, 2.05) is 23.1 Å². The molecule has 0 atom stereocenters. The molecule has 2 N–H and O–H groups in total. The first-order valence-corrected chi connectivity index (χ1v) is 7.38. The summed E-state index contributed by atoms with van der Waals surface area (Å²) in [6.45, 7) is 0.517. The summed E-state index contributed by atoms with van der Waals surface area (Å²) in [5.41, 5.74) is 0.699. The van der Waals surface area contributed by atoms with Gasteiger partial charge < -0.3 is 15.0 Å². The molecule has 0 radical (unpaired) electrons. The Bertz CT molecular complexity index is 666. The molecule has 2 aromatic rings. The molecule has 0 saturated heterocycles. The van der Waals surface area contributed by atoms with Gasteiger partial charge in [0.05, 0.1) is 6.61 Å². The highest BCUT2D eigenvalue weighted by atomic mass is 32.1. The van der Waals surface area contributed by atoms with Crippen LogP contribution in [-0.2, 0) is 13.5 Å². The molecule has 2 heterocycles. The number of carbonyl (C=O) groups excluding carboxylic acids is 1. The Morgan fingerprint density at radius 2 is 2.43 bits per heavy atom. The number of rotatable bonds is 5. The molecular formula is C14H16N4O2S. The molecule has 0 aliphatic carbocycles. The van der Waals surface area contributed by atoms with Gasteiger partial charge in [-0.3, -0.25) is 4.79 Å². The van der Waals surface area contributed by atoms with E-state index in [0.717, 1.165) is 5.82 Å². The van der Waals surface area contributed by atoms with E-state index in [-0.39, 0.29) is 12.5 Å². The summed E-state index contributed by atoms with van der Waals surface area (Å²) in [6.07, 6.45) is 2.66. The number of hydrogen-bond acceptors (Lipinski definition) is 5. The third-order valence-electron chi connectivity index (χ3n) is 2.77. The van der Waals surface area contributed by atoms with Gasteiger partial charge in [-0.15, -0.1) is 21.5 Å². The Kier molecular flexibility index (Phi) is 5.49. The second-order valence-electron chi connectivity index (χ2n) is 4.30. The molecule has 21 heavy (non-hydrogen) atoms. The van der Waals surface area contributed by atoms with Gasteiger partial charge in [0.25, 0.3) is 5.91 Å². The molecule has 0 fully saturated rings. The second kappa shape index (κ2) is 7.57. The van der Waals surface area contributed by atoms with Crippen LogP contribution in [0.2, 0.25) is 0 Å². The van der Waals surface area contributed by atoms with Gasteiger partial charge in [-0.1, -0.05) is 11.8 Å². The lowest BCUT2D eigenvalue weighted by Crippen LogP contribution is -2.26. The minimum atomic E-state index is -0.138. The van der Waals surface area contributed by atoms with Gasteiger partial charge in [0.1, 0.15) is 17.0 Å². The summed E-state index contributed by atoms with van der Waals surface area (Å²) in [5.74, 6) is 6.41. The summed E-state index contributed by atoms with van der Waals surface area (Å²) in [5, 5.41) is 21.1. The number of aryl methyl sites for hydroxylation is 1. The number of aliphatic hydroxyl groups is 1. The molecule has 0 unspecified atom stereocenters. The average Bonchev–Trinajstić information content (AvgIpc) is 3.09. The standard InChI is InChI=1S/C14H16N4O2S/c1-18-10-16-17-12(18)5-7-15-14(20)13-11(6-9-21-13)4-2-3-8-19/h6,9-10,19H,3,5,7-8H2,1H3,(H,15,20). The van der Waals surface area contributed by atoms with E-state index >= 15 is 0 Å². The van der Waals surface area contributed by atoms with Crippen molar-refractivity contribution in [2.75, 3.05) is 13.2 Å². The van der Waals surface area contributed by atoms with E-state index in [1.165, 1.54) is 11.3 Å². The predicted molar refractivity (Wildman–Crippen MR) is 79.9 cm³/mol. The largest absolute Gasteiger partial charge is 0.395 e. The van der Waals surface area contributed by atoms with Crippen molar-refractivity contribution in [3.8, 4) is 11.8 Å². The lowest BCUT2D eigenvalue weighted by Gasteiger charge is -2.04. The topological polar surface area (TPSA) is 80.0 Å². The minimum Gasteiger partial charge on any atom is -0.395 e. The molecular weight excluding hydrogens is 288 g/mol. The van der Waals surface area contributed by atoms with Gasteiger partial charge >= 0.3 is 0 Å². The van der Waals surface area contributed by atoms with Crippen LogP contribution in [0.25, 0.3) is 0 Å². The van der Waals surface area contributed by atoms with Crippen LogP contribution in [0.4, 0.5) is 0 Å². The van der Waals surface area contributed by atoms with Gasteiger partial charge in [-0.05, 0) is 11.4 Å². The quantitative estimate of drug-likeness (QED) is 0.792. The van der Waals surface area contributed by atoms with Crippen molar-refractivity contribution >= 4 is 17.2 Å². The molecule has 2 aromatic heterocycles. The smallest absolute Gasteiger partial charge is 0.262 e. The molecule has 6 nitrogen and oxygen atoms in total. The van der Waals surface area contributed by atoms with E-state index in [4.69, 9.17) is 5.11 Å². The summed E-state index contributed by atoms with van der Waals surface area (Å²) in [7, 11) is 1.87. The predicted octanol–water partition coefficient (Wildman–Crippen LogP) is 0.583. The van der Waals surface area contributed by atoms with Crippen LogP contribution in [0.5, 0.6) is 0 Å². The summed E-state index contributed by atoms with van der Waals surface area (Å²) in [4.78, 5) is 12.7.